The van der Waals surface area contributed by atoms with Gasteiger partial charge in [0.15, 0.2) is 0 Å². The minimum atomic E-state index is -1.38. The van der Waals surface area contributed by atoms with Crippen molar-refractivity contribution in [1.29, 1.82) is 0 Å². The third-order valence-electron chi connectivity index (χ3n) is 2.40. The normalized spacial score (nSPS) is 13.6. The van der Waals surface area contributed by atoms with Gasteiger partial charge in [0.05, 0.1) is 28.2 Å². The standard InChI is InChI=1S/C12H15NO5S/c1-3-18-12(14)9(2)8-19(17)11-6-4-10(5-7-11)13(15)16/h4-7,9H,3,8H2,1-2H3. The summed E-state index contributed by atoms with van der Waals surface area (Å²) >= 11 is 0. The number of nitro benzene ring substituents is 1. The van der Waals surface area contributed by atoms with Crippen LogP contribution in [0.2, 0.25) is 0 Å². The van der Waals surface area contributed by atoms with Gasteiger partial charge in [-0.05, 0) is 19.1 Å². The van der Waals surface area contributed by atoms with Crippen LogP contribution in [0.3, 0.4) is 0 Å². The number of esters is 1. The molecule has 0 amide bonds. The molecule has 0 radical (unpaired) electrons. The molecule has 6 nitrogen and oxygen atoms in total. The molecule has 2 atom stereocenters. The Morgan fingerprint density at radius 3 is 2.47 bits per heavy atom. The number of hydrogen-bond donors (Lipinski definition) is 0. The second-order valence-electron chi connectivity index (χ2n) is 3.92. The summed E-state index contributed by atoms with van der Waals surface area (Å²) in [7, 11) is -1.38. The van der Waals surface area contributed by atoms with Crippen LogP contribution in [0.5, 0.6) is 0 Å². The van der Waals surface area contributed by atoms with E-state index in [1.165, 1.54) is 24.3 Å². The number of nitro groups is 1. The minimum absolute atomic E-state index is 0.0563. The average molecular weight is 285 g/mol. The lowest BCUT2D eigenvalue weighted by Crippen LogP contribution is -2.20. The lowest BCUT2D eigenvalue weighted by molar-refractivity contribution is -0.384. The van der Waals surface area contributed by atoms with E-state index in [1.54, 1.807) is 13.8 Å². The Balaban J connectivity index is 2.68. The van der Waals surface area contributed by atoms with Crippen molar-refractivity contribution in [1.82, 2.24) is 0 Å². The highest BCUT2D eigenvalue weighted by atomic mass is 32.2. The predicted octanol–water partition coefficient (Wildman–Crippen LogP) is 1.90. The fraction of sp³-hybridized carbons (Fsp3) is 0.417. The lowest BCUT2D eigenvalue weighted by Gasteiger charge is -2.09. The van der Waals surface area contributed by atoms with Crippen molar-refractivity contribution in [2.45, 2.75) is 18.7 Å². The first-order valence-electron chi connectivity index (χ1n) is 5.75. The summed E-state index contributed by atoms with van der Waals surface area (Å²) in [5.41, 5.74) is -0.0563. The van der Waals surface area contributed by atoms with Crippen LogP contribution in [-0.4, -0.2) is 27.5 Å². The molecule has 0 saturated heterocycles. The minimum Gasteiger partial charge on any atom is -0.466 e. The van der Waals surface area contributed by atoms with Gasteiger partial charge >= 0.3 is 5.97 Å². The van der Waals surface area contributed by atoms with Gasteiger partial charge in [0, 0.05) is 22.8 Å². The van der Waals surface area contributed by atoms with Crippen LogP contribution in [-0.2, 0) is 20.3 Å². The second kappa shape index (κ2) is 6.98. The van der Waals surface area contributed by atoms with Gasteiger partial charge in [-0.2, -0.15) is 0 Å². The summed E-state index contributed by atoms with van der Waals surface area (Å²) in [6.07, 6.45) is 0. The van der Waals surface area contributed by atoms with Crippen LogP contribution in [0, 0.1) is 16.0 Å². The maximum absolute atomic E-state index is 12.0. The molecule has 7 heteroatoms. The summed E-state index contributed by atoms with van der Waals surface area (Å²) in [6.45, 7) is 3.63. The monoisotopic (exact) mass is 285 g/mol. The van der Waals surface area contributed by atoms with Crippen molar-refractivity contribution in [2.24, 2.45) is 5.92 Å². The van der Waals surface area contributed by atoms with Crippen molar-refractivity contribution in [3.63, 3.8) is 0 Å². The third-order valence-corrected chi connectivity index (χ3v) is 4.00. The average Bonchev–Trinajstić information content (AvgIpc) is 2.38. The Morgan fingerprint density at radius 1 is 1.42 bits per heavy atom. The molecule has 0 spiro atoms. The quantitative estimate of drug-likeness (QED) is 0.452. The molecule has 19 heavy (non-hydrogen) atoms. The molecule has 1 aromatic carbocycles. The highest BCUT2D eigenvalue weighted by molar-refractivity contribution is 7.85. The van der Waals surface area contributed by atoms with Crippen LogP contribution < -0.4 is 0 Å². The van der Waals surface area contributed by atoms with Crippen LogP contribution in [0.4, 0.5) is 5.69 Å². The molecular weight excluding hydrogens is 270 g/mol. The Bertz CT molecular complexity index is 485. The Kier molecular flexibility index (Phi) is 5.62. The summed E-state index contributed by atoms with van der Waals surface area (Å²) in [4.78, 5) is 21.8. The van der Waals surface area contributed by atoms with Gasteiger partial charge < -0.3 is 4.74 Å². The molecule has 0 fully saturated rings. The first kappa shape index (κ1) is 15.3. The van der Waals surface area contributed by atoms with Crippen LogP contribution in [0.15, 0.2) is 29.2 Å². The number of hydrogen-bond acceptors (Lipinski definition) is 5. The van der Waals surface area contributed by atoms with E-state index in [9.17, 15) is 19.1 Å². The van der Waals surface area contributed by atoms with Gasteiger partial charge in [-0.1, -0.05) is 6.92 Å². The van der Waals surface area contributed by atoms with Crippen molar-refractivity contribution < 1.29 is 18.7 Å². The smallest absolute Gasteiger partial charge is 0.309 e. The van der Waals surface area contributed by atoms with Crippen molar-refractivity contribution in [3.05, 3.63) is 34.4 Å². The van der Waals surface area contributed by atoms with Crippen LogP contribution in [0.1, 0.15) is 13.8 Å². The molecule has 1 rings (SSSR count). The van der Waals surface area contributed by atoms with Crippen molar-refractivity contribution in [2.75, 3.05) is 12.4 Å². The van der Waals surface area contributed by atoms with E-state index in [0.717, 1.165) is 0 Å². The second-order valence-corrected chi connectivity index (χ2v) is 5.41. The molecule has 0 N–H and O–H groups in total. The summed E-state index contributed by atoms with van der Waals surface area (Å²) < 4.78 is 16.8. The Labute approximate surface area is 113 Å². The number of non-ortho nitro benzene ring substituents is 1. The zero-order chi connectivity index (χ0) is 14.4. The van der Waals surface area contributed by atoms with E-state index in [2.05, 4.69) is 0 Å². The van der Waals surface area contributed by atoms with Crippen LogP contribution in [0.25, 0.3) is 0 Å². The number of ether oxygens (including phenoxy) is 1. The van der Waals surface area contributed by atoms with Crippen molar-refractivity contribution in [3.8, 4) is 0 Å². The third kappa shape index (κ3) is 4.44. The molecule has 1 aromatic rings. The molecule has 0 saturated carbocycles. The zero-order valence-electron chi connectivity index (χ0n) is 10.7. The van der Waals surface area contributed by atoms with E-state index in [0.29, 0.717) is 4.90 Å². The summed E-state index contributed by atoms with van der Waals surface area (Å²) in [6, 6.07) is 5.46. The molecule has 0 aliphatic carbocycles. The van der Waals surface area contributed by atoms with Crippen LogP contribution >= 0.6 is 0 Å². The maximum atomic E-state index is 12.0. The van der Waals surface area contributed by atoms with Gasteiger partial charge in [-0.3, -0.25) is 19.1 Å². The number of carbonyl (C=O) groups is 1. The van der Waals surface area contributed by atoms with E-state index in [1.807, 2.05) is 0 Å². The first-order chi connectivity index (χ1) is 8.95. The molecule has 0 aliphatic heterocycles. The van der Waals surface area contributed by atoms with E-state index >= 15 is 0 Å². The van der Waals surface area contributed by atoms with Gasteiger partial charge in [0.2, 0.25) is 0 Å². The number of nitrogens with zero attached hydrogens (tertiary/aromatic N) is 1. The van der Waals surface area contributed by atoms with Crippen molar-refractivity contribution >= 4 is 22.5 Å². The van der Waals surface area contributed by atoms with Gasteiger partial charge in [0.25, 0.3) is 5.69 Å². The van der Waals surface area contributed by atoms with E-state index in [4.69, 9.17) is 4.74 Å². The number of rotatable bonds is 6. The fourth-order valence-electron chi connectivity index (χ4n) is 1.40. The molecule has 0 aromatic heterocycles. The molecule has 0 heterocycles. The molecular formula is C12H15NO5S. The fourth-order valence-corrected chi connectivity index (χ4v) is 2.62. The number of carbonyl (C=O) groups excluding carboxylic acids is 1. The van der Waals surface area contributed by atoms with E-state index < -0.39 is 27.6 Å². The molecule has 104 valence electrons. The molecule has 0 aliphatic rings. The molecule has 0 bridgehead atoms. The zero-order valence-corrected chi connectivity index (χ0v) is 11.5. The topological polar surface area (TPSA) is 86.5 Å². The predicted molar refractivity (Wildman–Crippen MR) is 70.2 cm³/mol. The highest BCUT2D eigenvalue weighted by Crippen LogP contribution is 2.16. The van der Waals surface area contributed by atoms with Gasteiger partial charge in [0.1, 0.15) is 0 Å². The van der Waals surface area contributed by atoms with E-state index in [-0.39, 0.29) is 18.0 Å². The Hall–Kier alpha value is -1.76. The lowest BCUT2D eigenvalue weighted by atomic mass is 10.2. The van der Waals surface area contributed by atoms with Gasteiger partial charge in [-0.15, -0.1) is 0 Å². The summed E-state index contributed by atoms with van der Waals surface area (Å²) in [5.74, 6) is -0.731. The highest BCUT2D eigenvalue weighted by Gasteiger charge is 2.18. The number of benzene rings is 1. The largest absolute Gasteiger partial charge is 0.466 e. The molecule has 2 unspecified atom stereocenters. The SMILES string of the molecule is CCOC(=O)C(C)CS(=O)c1ccc([N+](=O)[O-])cc1. The first-order valence-corrected chi connectivity index (χ1v) is 7.07. The Morgan fingerprint density at radius 2 is 2.00 bits per heavy atom. The maximum Gasteiger partial charge on any atom is 0.309 e. The van der Waals surface area contributed by atoms with Gasteiger partial charge in [-0.25, -0.2) is 0 Å². The summed E-state index contributed by atoms with van der Waals surface area (Å²) in [5, 5.41) is 10.5.